The van der Waals surface area contributed by atoms with Crippen molar-refractivity contribution in [1.82, 2.24) is 0 Å². The van der Waals surface area contributed by atoms with Crippen LogP contribution in [0.3, 0.4) is 0 Å². The van der Waals surface area contributed by atoms with Gasteiger partial charge in [0.05, 0.1) is 6.10 Å². The van der Waals surface area contributed by atoms with Crippen molar-refractivity contribution < 1.29 is 29.3 Å². The molecule has 0 aromatic rings. The Kier molecular flexibility index (Phi) is 3.69. The highest BCUT2D eigenvalue weighted by Crippen LogP contribution is 2.70. The average molecular weight is 378 g/mol. The van der Waals surface area contributed by atoms with Gasteiger partial charge in [-0.3, -0.25) is 4.79 Å². The van der Waals surface area contributed by atoms with Crippen LogP contribution in [0.1, 0.15) is 46.5 Å². The van der Waals surface area contributed by atoms with Crippen LogP contribution in [-0.4, -0.2) is 44.4 Å². The van der Waals surface area contributed by atoms with E-state index in [2.05, 4.69) is 0 Å². The highest BCUT2D eigenvalue weighted by atomic mass is 19.1. The van der Waals surface area contributed by atoms with Crippen molar-refractivity contribution >= 4 is 11.8 Å². The van der Waals surface area contributed by atoms with Crippen LogP contribution in [-0.2, 0) is 9.59 Å². The van der Waals surface area contributed by atoms with Gasteiger partial charge in [0.15, 0.2) is 17.1 Å². The molecule has 3 saturated carbocycles. The second-order valence-electron chi connectivity index (χ2n) is 9.47. The third-order valence-corrected chi connectivity index (χ3v) is 8.55. The number of hydrogen-bond donors (Lipinski definition) is 3. The van der Waals surface area contributed by atoms with Crippen LogP contribution in [0.25, 0.3) is 0 Å². The number of carboxylic acids is 1. The van der Waals surface area contributed by atoms with Gasteiger partial charge < -0.3 is 15.3 Å². The molecule has 0 amide bonds. The average Bonchev–Trinajstić information content (AvgIpc) is 2.79. The van der Waals surface area contributed by atoms with E-state index in [1.807, 2.05) is 0 Å². The van der Waals surface area contributed by atoms with Crippen LogP contribution >= 0.6 is 0 Å². The molecule has 0 radical (unpaired) electrons. The van der Waals surface area contributed by atoms with Gasteiger partial charge in [0.2, 0.25) is 0 Å². The van der Waals surface area contributed by atoms with Crippen molar-refractivity contribution in [2.75, 3.05) is 0 Å². The smallest absolute Gasteiger partial charge is 0.336 e. The predicted octanol–water partition coefficient (Wildman–Crippen LogP) is 2.42. The van der Waals surface area contributed by atoms with E-state index in [0.29, 0.717) is 24.8 Å². The van der Waals surface area contributed by atoms with Crippen LogP contribution < -0.4 is 0 Å². The number of halogens is 1. The summed E-state index contributed by atoms with van der Waals surface area (Å²) in [6.07, 6.45) is 4.22. The molecule has 0 bridgehead atoms. The molecule has 4 aliphatic carbocycles. The van der Waals surface area contributed by atoms with E-state index in [4.69, 9.17) is 0 Å². The topological polar surface area (TPSA) is 94.8 Å². The van der Waals surface area contributed by atoms with Crippen molar-refractivity contribution in [1.29, 1.82) is 0 Å². The number of rotatable bonds is 1. The minimum atomic E-state index is -2.00. The number of alkyl halides is 1. The van der Waals surface area contributed by atoms with Crippen molar-refractivity contribution in [3.8, 4) is 0 Å². The molecule has 0 spiro atoms. The lowest BCUT2D eigenvalue weighted by Crippen LogP contribution is -2.69. The van der Waals surface area contributed by atoms with Gasteiger partial charge >= 0.3 is 5.97 Å². The van der Waals surface area contributed by atoms with E-state index in [1.54, 1.807) is 26.8 Å². The first-order valence-electron chi connectivity index (χ1n) is 9.70. The lowest BCUT2D eigenvalue weighted by Gasteiger charge is -2.62. The second-order valence-corrected chi connectivity index (χ2v) is 9.47. The SMILES string of the molecule is C[C@@H]1C[C@H]2[C@H]3CCC4=CC(=O)C=C[C@]4(C)[C@@]3(F)C(O)CC2(C)[C@@]1(O)C(=O)O. The third kappa shape index (κ3) is 1.91. The van der Waals surface area contributed by atoms with Gasteiger partial charge in [0, 0.05) is 16.7 Å². The number of ketones is 1. The zero-order chi connectivity index (χ0) is 20.0. The Morgan fingerprint density at radius 1 is 1.30 bits per heavy atom. The standard InChI is InChI=1S/C21H27FO5/c1-11-8-15-14-5-4-12-9-13(23)6-7-18(12,2)20(14,22)16(24)10-19(15,3)21(11,27)17(25)26/h6-7,9,11,14-16,24,27H,4-5,8,10H2,1-3H3,(H,25,26)/t11-,14-,15+,16?,18+,19?,20+,21+/m1/s1. The summed E-state index contributed by atoms with van der Waals surface area (Å²) < 4.78 is 16.8. The van der Waals surface area contributed by atoms with Crippen molar-refractivity contribution in [3.63, 3.8) is 0 Å². The Morgan fingerprint density at radius 2 is 1.96 bits per heavy atom. The van der Waals surface area contributed by atoms with E-state index in [1.165, 1.54) is 12.2 Å². The van der Waals surface area contributed by atoms with E-state index in [-0.39, 0.29) is 18.1 Å². The summed E-state index contributed by atoms with van der Waals surface area (Å²) >= 11 is 0. The van der Waals surface area contributed by atoms with Crippen LogP contribution in [0.15, 0.2) is 23.8 Å². The minimum Gasteiger partial charge on any atom is -0.479 e. The number of carbonyl (C=O) groups excluding carboxylic acids is 1. The van der Waals surface area contributed by atoms with E-state index in [9.17, 15) is 24.9 Å². The third-order valence-electron chi connectivity index (χ3n) is 8.55. The van der Waals surface area contributed by atoms with Crippen molar-refractivity contribution in [2.24, 2.45) is 28.6 Å². The lowest BCUT2D eigenvalue weighted by atomic mass is 9.45. The molecule has 4 rings (SSSR count). The zero-order valence-electron chi connectivity index (χ0n) is 15.9. The largest absolute Gasteiger partial charge is 0.479 e. The summed E-state index contributed by atoms with van der Waals surface area (Å²) in [5.41, 5.74) is -5.51. The molecular formula is C21H27FO5. The molecule has 27 heavy (non-hydrogen) atoms. The van der Waals surface area contributed by atoms with Crippen LogP contribution in [0.5, 0.6) is 0 Å². The van der Waals surface area contributed by atoms with Gasteiger partial charge in [-0.25, -0.2) is 9.18 Å². The monoisotopic (exact) mass is 378 g/mol. The number of carboxylic acid groups (broad SMARTS) is 1. The highest BCUT2D eigenvalue weighted by molar-refractivity contribution is 6.01. The fourth-order valence-electron chi connectivity index (χ4n) is 7.00. The summed E-state index contributed by atoms with van der Waals surface area (Å²) in [5.74, 6) is -2.94. The first-order chi connectivity index (χ1) is 12.4. The number of aliphatic hydroxyl groups excluding tert-OH is 1. The van der Waals surface area contributed by atoms with E-state index < -0.39 is 46.0 Å². The minimum absolute atomic E-state index is 0.123. The molecular weight excluding hydrogens is 351 g/mol. The summed E-state index contributed by atoms with van der Waals surface area (Å²) in [6.45, 7) is 5.10. The van der Waals surface area contributed by atoms with Gasteiger partial charge in [0.1, 0.15) is 0 Å². The Bertz CT molecular complexity index is 789. The fraction of sp³-hybridized carbons (Fsp3) is 0.714. The highest BCUT2D eigenvalue weighted by Gasteiger charge is 2.76. The maximum atomic E-state index is 16.8. The summed E-state index contributed by atoms with van der Waals surface area (Å²) in [7, 11) is 0. The van der Waals surface area contributed by atoms with Crippen LogP contribution in [0.4, 0.5) is 4.39 Å². The number of aliphatic carboxylic acids is 1. The molecule has 8 atom stereocenters. The van der Waals surface area contributed by atoms with Gasteiger partial charge in [-0.2, -0.15) is 0 Å². The molecule has 0 aromatic carbocycles. The van der Waals surface area contributed by atoms with Crippen LogP contribution in [0, 0.1) is 28.6 Å². The lowest BCUT2D eigenvalue weighted by molar-refractivity contribution is -0.225. The molecule has 4 aliphatic rings. The fourth-order valence-corrected chi connectivity index (χ4v) is 7.00. The Morgan fingerprint density at radius 3 is 2.59 bits per heavy atom. The molecule has 2 unspecified atom stereocenters. The Hall–Kier alpha value is -1.53. The van der Waals surface area contributed by atoms with Gasteiger partial charge in [-0.1, -0.05) is 25.5 Å². The molecule has 6 heteroatoms. The predicted molar refractivity (Wildman–Crippen MR) is 95.5 cm³/mol. The summed E-state index contributed by atoms with van der Waals surface area (Å²) in [5, 5.41) is 31.9. The van der Waals surface area contributed by atoms with Crippen molar-refractivity contribution in [3.05, 3.63) is 23.8 Å². The first-order valence-corrected chi connectivity index (χ1v) is 9.70. The van der Waals surface area contributed by atoms with Crippen molar-refractivity contribution in [2.45, 2.75) is 63.8 Å². The van der Waals surface area contributed by atoms with Crippen LogP contribution in [0.2, 0.25) is 0 Å². The maximum Gasteiger partial charge on any atom is 0.336 e. The molecule has 5 nitrogen and oxygen atoms in total. The number of allylic oxidation sites excluding steroid dienone is 4. The Labute approximate surface area is 158 Å². The summed E-state index contributed by atoms with van der Waals surface area (Å²) in [6, 6.07) is 0. The Balaban J connectivity index is 1.85. The number of aliphatic hydroxyl groups is 2. The van der Waals surface area contributed by atoms with E-state index >= 15 is 4.39 Å². The second kappa shape index (κ2) is 5.29. The molecule has 3 N–H and O–H groups in total. The zero-order valence-corrected chi connectivity index (χ0v) is 15.9. The molecule has 148 valence electrons. The molecule has 0 aromatic heterocycles. The quantitative estimate of drug-likeness (QED) is 0.651. The first kappa shape index (κ1) is 18.8. The summed E-state index contributed by atoms with van der Waals surface area (Å²) in [4.78, 5) is 23.8. The van der Waals surface area contributed by atoms with Gasteiger partial charge in [0.25, 0.3) is 0 Å². The molecule has 0 heterocycles. The maximum absolute atomic E-state index is 16.8. The number of hydrogen-bond acceptors (Lipinski definition) is 4. The molecule has 3 fully saturated rings. The molecule has 0 aliphatic heterocycles. The number of fused-ring (bicyclic) bond motifs is 5. The van der Waals surface area contributed by atoms with E-state index in [0.717, 1.165) is 0 Å². The van der Waals surface area contributed by atoms with Gasteiger partial charge in [-0.15, -0.1) is 0 Å². The molecule has 0 saturated heterocycles. The number of carbonyl (C=O) groups is 2. The normalized spacial score (nSPS) is 54.0. The van der Waals surface area contributed by atoms with Gasteiger partial charge in [-0.05, 0) is 56.6 Å².